The molecule has 0 aliphatic carbocycles. The highest BCUT2D eigenvalue weighted by atomic mass is 79.9. The second-order valence-corrected chi connectivity index (χ2v) is 5.19. The van der Waals surface area contributed by atoms with Gasteiger partial charge in [-0.1, -0.05) is 11.6 Å². The zero-order valence-corrected chi connectivity index (χ0v) is 12.7. The first-order chi connectivity index (χ1) is 8.72. The van der Waals surface area contributed by atoms with E-state index in [2.05, 4.69) is 45.3 Å². The molecular weight excluding hydrogens is 292 g/mol. The van der Waals surface area contributed by atoms with Crippen LogP contribution in [0.15, 0.2) is 34.6 Å². The molecule has 4 heteroatoms. The van der Waals surface area contributed by atoms with Crippen molar-refractivity contribution in [3.05, 3.63) is 40.1 Å². The molecule has 18 heavy (non-hydrogen) atoms. The summed E-state index contributed by atoms with van der Waals surface area (Å²) < 4.78 is 6.01. The minimum absolute atomic E-state index is 0.770. The van der Waals surface area contributed by atoms with Gasteiger partial charge in [0.05, 0.1) is 6.61 Å². The van der Waals surface area contributed by atoms with Crippen molar-refractivity contribution in [3.8, 4) is 0 Å². The van der Waals surface area contributed by atoms with E-state index in [-0.39, 0.29) is 0 Å². The molecule has 0 bridgehead atoms. The van der Waals surface area contributed by atoms with Crippen molar-refractivity contribution < 1.29 is 4.74 Å². The summed E-state index contributed by atoms with van der Waals surface area (Å²) >= 11 is 3.44. The van der Waals surface area contributed by atoms with E-state index < -0.39 is 0 Å². The van der Waals surface area contributed by atoms with Crippen LogP contribution in [0.25, 0.3) is 0 Å². The van der Waals surface area contributed by atoms with Gasteiger partial charge in [-0.25, -0.2) is 0 Å². The van der Waals surface area contributed by atoms with Crippen LogP contribution in [-0.2, 0) is 11.2 Å². The summed E-state index contributed by atoms with van der Waals surface area (Å²) in [5.74, 6) is 0. The minimum Gasteiger partial charge on any atom is -0.383 e. The summed E-state index contributed by atoms with van der Waals surface area (Å²) in [6.07, 6.45) is 8.02. The molecule has 1 aromatic rings. The second kappa shape index (κ2) is 9.25. The highest BCUT2D eigenvalue weighted by Crippen LogP contribution is 2.13. The third-order valence-electron chi connectivity index (χ3n) is 2.54. The molecule has 0 aliphatic rings. The standard InChI is InChI=1S/C14H21BrN2O/c1-12(4-3-5-16-6-7-18-2)8-13-9-14(15)11-17-10-13/h4,9-11,16H,3,5-8H2,1-2H3/b12-4-. The summed E-state index contributed by atoms with van der Waals surface area (Å²) in [4.78, 5) is 4.17. The SMILES string of the molecule is COCCNCC/C=C(/C)Cc1cncc(Br)c1. The molecule has 0 spiro atoms. The van der Waals surface area contributed by atoms with Crippen molar-refractivity contribution >= 4 is 15.9 Å². The van der Waals surface area contributed by atoms with E-state index in [1.807, 2.05) is 12.4 Å². The van der Waals surface area contributed by atoms with Gasteiger partial charge in [0, 0.05) is 30.5 Å². The van der Waals surface area contributed by atoms with Crippen LogP contribution in [0.3, 0.4) is 0 Å². The maximum atomic E-state index is 4.97. The van der Waals surface area contributed by atoms with Gasteiger partial charge < -0.3 is 10.1 Å². The van der Waals surface area contributed by atoms with Gasteiger partial charge in [0.1, 0.15) is 0 Å². The second-order valence-electron chi connectivity index (χ2n) is 4.27. The Morgan fingerprint density at radius 2 is 2.28 bits per heavy atom. The Balaban J connectivity index is 2.25. The summed E-state index contributed by atoms with van der Waals surface area (Å²) in [5.41, 5.74) is 2.62. The van der Waals surface area contributed by atoms with Crippen LogP contribution in [0.5, 0.6) is 0 Å². The molecule has 0 aromatic carbocycles. The number of allylic oxidation sites excluding steroid dienone is 1. The Morgan fingerprint density at radius 3 is 3.00 bits per heavy atom. The van der Waals surface area contributed by atoms with Crippen LogP contribution in [0.2, 0.25) is 0 Å². The maximum Gasteiger partial charge on any atom is 0.0587 e. The van der Waals surface area contributed by atoms with Crippen molar-refractivity contribution in [2.75, 3.05) is 26.8 Å². The van der Waals surface area contributed by atoms with Crippen LogP contribution in [0.4, 0.5) is 0 Å². The summed E-state index contributed by atoms with van der Waals surface area (Å²) in [6.45, 7) is 4.85. The lowest BCUT2D eigenvalue weighted by molar-refractivity contribution is 0.199. The molecule has 0 unspecified atom stereocenters. The molecule has 0 aliphatic heterocycles. The molecule has 0 saturated heterocycles. The van der Waals surface area contributed by atoms with Crippen LogP contribution in [-0.4, -0.2) is 31.8 Å². The molecular formula is C14H21BrN2O. The number of rotatable bonds is 8. The molecule has 3 nitrogen and oxygen atoms in total. The topological polar surface area (TPSA) is 34.1 Å². The number of methoxy groups -OCH3 is 1. The summed E-state index contributed by atoms with van der Waals surface area (Å²) in [7, 11) is 1.72. The lowest BCUT2D eigenvalue weighted by Crippen LogP contribution is -2.19. The fraction of sp³-hybridized carbons (Fsp3) is 0.500. The highest BCUT2D eigenvalue weighted by Gasteiger charge is 1.96. The van der Waals surface area contributed by atoms with Crippen molar-refractivity contribution in [2.45, 2.75) is 19.8 Å². The average Bonchev–Trinajstić information content (AvgIpc) is 2.33. The highest BCUT2D eigenvalue weighted by molar-refractivity contribution is 9.10. The van der Waals surface area contributed by atoms with Gasteiger partial charge in [0.25, 0.3) is 0 Å². The predicted octanol–water partition coefficient (Wildman–Crippen LogP) is 2.96. The van der Waals surface area contributed by atoms with E-state index in [9.17, 15) is 0 Å². The lowest BCUT2D eigenvalue weighted by Gasteiger charge is -2.04. The van der Waals surface area contributed by atoms with Gasteiger partial charge >= 0.3 is 0 Å². The molecule has 0 amide bonds. The van der Waals surface area contributed by atoms with Gasteiger partial charge in [-0.2, -0.15) is 0 Å². The van der Waals surface area contributed by atoms with Crippen molar-refractivity contribution in [2.24, 2.45) is 0 Å². The van der Waals surface area contributed by atoms with Gasteiger partial charge in [-0.15, -0.1) is 0 Å². The smallest absolute Gasteiger partial charge is 0.0587 e. The van der Waals surface area contributed by atoms with E-state index in [1.54, 1.807) is 7.11 Å². The number of nitrogens with zero attached hydrogens (tertiary/aromatic N) is 1. The number of hydrogen-bond acceptors (Lipinski definition) is 3. The maximum absolute atomic E-state index is 4.97. The Bertz CT molecular complexity index is 380. The first-order valence-corrected chi connectivity index (χ1v) is 6.96. The number of nitrogens with one attached hydrogen (secondary N) is 1. The van der Waals surface area contributed by atoms with Crippen molar-refractivity contribution in [1.82, 2.24) is 10.3 Å². The molecule has 0 saturated carbocycles. The van der Waals surface area contributed by atoms with E-state index in [0.29, 0.717) is 0 Å². The zero-order valence-electron chi connectivity index (χ0n) is 11.1. The summed E-state index contributed by atoms with van der Waals surface area (Å²) in [5, 5.41) is 3.33. The number of aromatic nitrogens is 1. The average molecular weight is 313 g/mol. The minimum atomic E-state index is 0.770. The third kappa shape index (κ3) is 6.89. The molecule has 0 radical (unpaired) electrons. The predicted molar refractivity (Wildman–Crippen MR) is 78.8 cm³/mol. The Hall–Kier alpha value is -0.710. The normalized spacial score (nSPS) is 11.8. The Labute approximate surface area is 118 Å². The number of halogens is 1. The van der Waals surface area contributed by atoms with Gasteiger partial charge in [0.2, 0.25) is 0 Å². The van der Waals surface area contributed by atoms with Crippen LogP contribution in [0.1, 0.15) is 18.9 Å². The fourth-order valence-corrected chi connectivity index (χ4v) is 2.08. The largest absolute Gasteiger partial charge is 0.383 e. The van der Waals surface area contributed by atoms with Gasteiger partial charge in [-0.05, 0) is 53.9 Å². The number of hydrogen-bond donors (Lipinski definition) is 1. The summed E-state index contributed by atoms with van der Waals surface area (Å²) in [6, 6.07) is 2.11. The molecule has 0 fully saturated rings. The van der Waals surface area contributed by atoms with E-state index in [0.717, 1.165) is 37.0 Å². The van der Waals surface area contributed by atoms with Crippen LogP contribution >= 0.6 is 15.9 Å². The van der Waals surface area contributed by atoms with E-state index in [4.69, 9.17) is 4.74 Å². The monoisotopic (exact) mass is 312 g/mol. The quantitative estimate of drug-likeness (QED) is 0.592. The first kappa shape index (κ1) is 15.3. The van der Waals surface area contributed by atoms with Gasteiger partial charge in [-0.3, -0.25) is 4.98 Å². The zero-order chi connectivity index (χ0) is 13.2. The van der Waals surface area contributed by atoms with Crippen molar-refractivity contribution in [1.29, 1.82) is 0 Å². The Morgan fingerprint density at radius 1 is 1.44 bits per heavy atom. The molecule has 0 atom stereocenters. The molecule has 1 N–H and O–H groups in total. The molecule has 100 valence electrons. The first-order valence-electron chi connectivity index (χ1n) is 6.17. The number of ether oxygens (including phenoxy) is 1. The fourth-order valence-electron chi connectivity index (χ4n) is 1.67. The molecule has 1 heterocycles. The number of pyridine rings is 1. The van der Waals surface area contributed by atoms with Crippen molar-refractivity contribution in [3.63, 3.8) is 0 Å². The van der Waals surface area contributed by atoms with Crippen LogP contribution < -0.4 is 5.32 Å². The van der Waals surface area contributed by atoms with E-state index >= 15 is 0 Å². The Kier molecular flexibility index (Phi) is 7.89. The van der Waals surface area contributed by atoms with Crippen LogP contribution in [0, 0.1) is 0 Å². The molecule has 1 rings (SSSR count). The molecule has 1 aromatic heterocycles. The lowest BCUT2D eigenvalue weighted by atomic mass is 10.1. The third-order valence-corrected chi connectivity index (χ3v) is 2.98. The van der Waals surface area contributed by atoms with Gasteiger partial charge in [0.15, 0.2) is 0 Å². The van der Waals surface area contributed by atoms with E-state index in [1.165, 1.54) is 11.1 Å².